The van der Waals surface area contributed by atoms with Crippen molar-refractivity contribution in [3.63, 3.8) is 0 Å². The van der Waals surface area contributed by atoms with E-state index in [9.17, 15) is 0 Å². The lowest BCUT2D eigenvalue weighted by Gasteiger charge is -2.26. The Morgan fingerprint density at radius 3 is 1.28 bits per heavy atom. The Bertz CT molecular complexity index is 6290. The van der Waals surface area contributed by atoms with Gasteiger partial charge in [0.25, 0.3) is 0 Å². The number of fused-ring (bicyclic) bond motifs is 18. The van der Waals surface area contributed by atoms with Gasteiger partial charge in [-0.2, -0.15) is 0 Å². The lowest BCUT2D eigenvalue weighted by molar-refractivity contribution is 0.992. The number of anilines is 3. The number of aromatic nitrogens is 2. The third-order valence-electron chi connectivity index (χ3n) is 20.6. The molecule has 0 saturated heterocycles. The Hall–Kier alpha value is -11.9. The normalized spacial score (nSPS) is 12.5. The van der Waals surface area contributed by atoms with Crippen molar-refractivity contribution >= 4 is 156 Å². The number of benzene rings is 15. The molecule has 21 aromatic rings. The quantitative estimate of drug-likeness (QED) is 0.124. The summed E-state index contributed by atoms with van der Waals surface area (Å²) in [6.45, 7) is 0. The van der Waals surface area contributed by atoms with Gasteiger partial charge in [0.1, 0.15) is 0 Å². The van der Waals surface area contributed by atoms with Crippen LogP contribution in [0, 0.1) is 0 Å². The van der Waals surface area contributed by atoms with Gasteiger partial charge in [-0.3, -0.25) is 0 Å². The van der Waals surface area contributed by atoms with Crippen LogP contribution in [-0.4, -0.2) is 8.80 Å². The zero-order valence-electron chi connectivity index (χ0n) is 51.9. The van der Waals surface area contributed by atoms with Gasteiger partial charge in [-0.1, -0.05) is 273 Å². The van der Waals surface area contributed by atoms with E-state index >= 15 is 0 Å². The van der Waals surface area contributed by atoms with Gasteiger partial charge in [0.05, 0.1) is 43.5 Å². The molecular formula is C91H55N3S2. The molecule has 6 heterocycles. The molecule has 0 aliphatic heterocycles. The van der Waals surface area contributed by atoms with Gasteiger partial charge in [-0.15, -0.1) is 22.7 Å². The standard InChI is InChI=1S/C91H55N3S2/c1-5-23-55(24-6-1)81(75-43-21-39-71-67-35-13-15-45-79(67)95-90(71)75)62-31-17-29-58(51-62)60-47-49-65-69-37-19-41-73-84-83(57-27-9-3-10-28-57)89-85(82(56-25-7-2-8-26-56)88(84)93(86(69)73)77(65)53-60)74-42-20-38-70-66-50-48-61(54-78(66)94(89)87(70)74)59-30-18-34-64(52-59)92(63-32-11-4-12-33-63)76-44-22-40-72-68-36-14-16-46-80(68)96-91(72)76/h1-54,81H. The number of hydrogen-bond acceptors (Lipinski definition) is 3. The van der Waals surface area contributed by atoms with Gasteiger partial charge in [-0.05, 0) is 105 Å². The van der Waals surface area contributed by atoms with E-state index in [1.807, 2.05) is 22.7 Å². The van der Waals surface area contributed by atoms with Crippen LogP contribution < -0.4 is 4.90 Å². The number of rotatable bonds is 10. The average Bonchev–Trinajstić information content (AvgIpc) is 1.49. The Morgan fingerprint density at radius 2 is 0.677 bits per heavy atom. The van der Waals surface area contributed by atoms with Gasteiger partial charge in [-0.25, -0.2) is 0 Å². The van der Waals surface area contributed by atoms with Crippen LogP contribution in [0.2, 0.25) is 0 Å². The molecule has 1 unspecified atom stereocenters. The van der Waals surface area contributed by atoms with E-state index in [1.54, 1.807) is 0 Å². The number of hydrogen-bond donors (Lipinski definition) is 0. The zero-order chi connectivity index (χ0) is 62.7. The fraction of sp³-hybridized carbons (Fsp3) is 0.0110. The molecule has 0 bridgehead atoms. The second-order valence-corrected chi connectivity index (χ2v) is 27.8. The minimum Gasteiger partial charge on any atom is -0.309 e. The smallest absolute Gasteiger partial charge is 0.0640 e. The van der Waals surface area contributed by atoms with Crippen molar-refractivity contribution in [1.82, 2.24) is 8.80 Å². The molecule has 1 atom stereocenters. The van der Waals surface area contributed by atoms with E-state index in [0.717, 1.165) is 22.5 Å². The molecule has 446 valence electrons. The molecule has 0 amide bonds. The summed E-state index contributed by atoms with van der Waals surface area (Å²) >= 11 is 3.78. The Balaban J connectivity index is 0.805. The summed E-state index contributed by atoms with van der Waals surface area (Å²) in [5.74, 6) is 0.0247. The Kier molecular flexibility index (Phi) is 11.6. The van der Waals surface area contributed by atoms with E-state index in [4.69, 9.17) is 0 Å². The predicted molar refractivity (Wildman–Crippen MR) is 412 cm³/mol. The molecule has 21 rings (SSSR count). The highest BCUT2D eigenvalue weighted by molar-refractivity contribution is 7.26. The van der Waals surface area contributed by atoms with Crippen LogP contribution in [0.5, 0.6) is 0 Å². The monoisotopic (exact) mass is 1250 g/mol. The molecule has 0 spiro atoms. The lowest BCUT2D eigenvalue weighted by Crippen LogP contribution is -2.10. The maximum Gasteiger partial charge on any atom is 0.0640 e. The van der Waals surface area contributed by atoms with Gasteiger partial charge >= 0.3 is 0 Å². The third kappa shape index (κ3) is 7.75. The van der Waals surface area contributed by atoms with E-state index in [-0.39, 0.29) is 5.92 Å². The number of para-hydroxylation sites is 3. The predicted octanol–water partition coefficient (Wildman–Crippen LogP) is 26.0. The molecule has 0 aliphatic carbocycles. The first kappa shape index (κ1) is 53.6. The summed E-state index contributed by atoms with van der Waals surface area (Å²) in [6, 6.07) is 123. The summed E-state index contributed by atoms with van der Waals surface area (Å²) in [5, 5.41) is 15.2. The fourth-order valence-electron chi connectivity index (χ4n) is 16.7. The SMILES string of the molecule is c1ccc(-c2c3c4cccc5c6ccc(-c7cccc(C(c8ccccc8)c8cccc9c8sc8ccccc89)c7)cc6n(c3c(-c3ccccc3)c3c6cccc7c8ccc(-c9cccc(N(c%10ccccc%10)c%10cccc%11c%10sc%10ccccc%10%11)c9)cc8n(c23)c76)c54)cc1. The maximum absolute atomic E-state index is 2.66. The lowest BCUT2D eigenvalue weighted by atomic mass is 9.83. The molecule has 0 saturated carbocycles. The molecule has 0 aliphatic rings. The molecule has 0 fully saturated rings. The molecule has 6 aromatic heterocycles. The van der Waals surface area contributed by atoms with Crippen LogP contribution in [0.1, 0.15) is 22.6 Å². The van der Waals surface area contributed by atoms with Crippen LogP contribution in [-0.2, 0) is 0 Å². The van der Waals surface area contributed by atoms with E-state index in [0.29, 0.717) is 0 Å². The van der Waals surface area contributed by atoms with Crippen molar-refractivity contribution in [1.29, 1.82) is 0 Å². The Labute approximate surface area is 560 Å². The van der Waals surface area contributed by atoms with Gasteiger partial charge < -0.3 is 13.7 Å². The van der Waals surface area contributed by atoms with Crippen LogP contribution in [0.3, 0.4) is 0 Å². The second-order valence-electron chi connectivity index (χ2n) is 25.7. The summed E-state index contributed by atoms with van der Waals surface area (Å²) in [5.41, 5.74) is 24.2. The topological polar surface area (TPSA) is 12.1 Å². The third-order valence-corrected chi connectivity index (χ3v) is 23.1. The van der Waals surface area contributed by atoms with Crippen molar-refractivity contribution in [3.05, 3.63) is 344 Å². The highest BCUT2D eigenvalue weighted by atomic mass is 32.1. The van der Waals surface area contributed by atoms with E-state index in [1.165, 1.54) is 172 Å². The van der Waals surface area contributed by atoms with Crippen LogP contribution >= 0.6 is 22.7 Å². The van der Waals surface area contributed by atoms with Crippen LogP contribution in [0.15, 0.2) is 328 Å². The molecule has 96 heavy (non-hydrogen) atoms. The summed E-state index contributed by atoms with van der Waals surface area (Å²) in [4.78, 5) is 2.44. The minimum absolute atomic E-state index is 0.0247. The maximum atomic E-state index is 2.66. The Morgan fingerprint density at radius 1 is 0.260 bits per heavy atom. The van der Waals surface area contributed by atoms with Crippen LogP contribution in [0.4, 0.5) is 17.1 Å². The molecule has 3 nitrogen and oxygen atoms in total. The van der Waals surface area contributed by atoms with Crippen LogP contribution in [0.25, 0.3) is 161 Å². The number of nitrogens with zero attached hydrogens (tertiary/aromatic N) is 3. The molecule has 0 radical (unpaired) electrons. The highest BCUT2D eigenvalue weighted by Crippen LogP contribution is 2.55. The van der Waals surface area contributed by atoms with Gasteiger partial charge in [0.15, 0.2) is 0 Å². The summed E-state index contributed by atoms with van der Waals surface area (Å²) in [6.07, 6.45) is 0. The summed E-state index contributed by atoms with van der Waals surface area (Å²) < 4.78 is 10.5. The van der Waals surface area contributed by atoms with Crippen molar-refractivity contribution in [2.24, 2.45) is 0 Å². The van der Waals surface area contributed by atoms with Gasteiger partial charge in [0.2, 0.25) is 0 Å². The molecular weight excluding hydrogens is 1200 g/mol. The van der Waals surface area contributed by atoms with Crippen molar-refractivity contribution in [2.45, 2.75) is 5.92 Å². The summed E-state index contributed by atoms with van der Waals surface area (Å²) in [7, 11) is 0. The van der Waals surface area contributed by atoms with E-state index < -0.39 is 0 Å². The average molecular weight is 1250 g/mol. The molecule has 0 N–H and O–H groups in total. The minimum atomic E-state index is 0.0247. The first-order chi connectivity index (χ1) is 47.7. The van der Waals surface area contributed by atoms with Crippen molar-refractivity contribution in [2.75, 3.05) is 4.90 Å². The van der Waals surface area contributed by atoms with Crippen molar-refractivity contribution < 1.29 is 0 Å². The number of thiophene rings is 2. The second kappa shape index (κ2) is 20.8. The first-order valence-corrected chi connectivity index (χ1v) is 34.7. The molecule has 15 aromatic carbocycles. The van der Waals surface area contributed by atoms with Crippen molar-refractivity contribution in [3.8, 4) is 44.5 Å². The van der Waals surface area contributed by atoms with E-state index in [2.05, 4.69) is 341 Å². The zero-order valence-corrected chi connectivity index (χ0v) is 53.5. The van der Waals surface area contributed by atoms with Gasteiger partial charge in [0, 0.05) is 107 Å². The largest absolute Gasteiger partial charge is 0.309 e. The highest BCUT2D eigenvalue weighted by Gasteiger charge is 2.32. The fourth-order valence-corrected chi connectivity index (χ4v) is 19.1. The molecule has 5 heteroatoms. The first-order valence-electron chi connectivity index (χ1n) is 33.1.